The van der Waals surface area contributed by atoms with Gasteiger partial charge in [-0.2, -0.15) is 13.2 Å². The first kappa shape index (κ1) is 22.3. The summed E-state index contributed by atoms with van der Waals surface area (Å²) in [6.45, 7) is 1.83. The van der Waals surface area contributed by atoms with Crippen molar-refractivity contribution in [1.82, 2.24) is 14.1 Å². The highest BCUT2D eigenvalue weighted by atomic mass is 32.2. The Hall–Kier alpha value is -3.41. The summed E-state index contributed by atoms with van der Waals surface area (Å²) in [6.07, 6.45) is 3.38. The second-order valence-corrected chi connectivity index (χ2v) is 7.29. The standard InChI is InChI=1S/C19H17F3N4O4S/c1-2-30-17(28)24-15-9-23-8-7-12(15)10-25-11-16(27)26(18(25)29)13-3-5-14(6-4-13)31-19(20,21)22/h3-9,11,27H,2,10H2,1H3,(H,24,28). The van der Waals surface area contributed by atoms with E-state index in [-0.39, 0.29) is 35.5 Å². The fourth-order valence-corrected chi connectivity index (χ4v) is 3.31. The molecule has 2 N–H and O–H groups in total. The summed E-state index contributed by atoms with van der Waals surface area (Å²) in [6, 6.07) is 6.62. The highest BCUT2D eigenvalue weighted by Gasteiger charge is 2.29. The van der Waals surface area contributed by atoms with Crippen molar-refractivity contribution in [3.63, 3.8) is 0 Å². The second kappa shape index (κ2) is 9.16. The number of nitrogens with one attached hydrogen (secondary N) is 1. The molecule has 2 heterocycles. The average Bonchev–Trinajstić information content (AvgIpc) is 2.96. The van der Waals surface area contributed by atoms with E-state index in [1.807, 2.05) is 0 Å². The number of thioether (sulfide) groups is 1. The number of ether oxygens (including phenoxy) is 1. The highest BCUT2D eigenvalue weighted by molar-refractivity contribution is 8.00. The lowest BCUT2D eigenvalue weighted by Gasteiger charge is -2.10. The maximum atomic E-state index is 12.8. The molecule has 2 aromatic heterocycles. The van der Waals surface area contributed by atoms with Crippen LogP contribution >= 0.6 is 11.8 Å². The number of hydrogen-bond acceptors (Lipinski definition) is 6. The molecule has 12 heteroatoms. The zero-order valence-corrected chi connectivity index (χ0v) is 16.9. The van der Waals surface area contributed by atoms with Crippen LogP contribution in [0.3, 0.4) is 0 Å². The number of amides is 1. The fourth-order valence-electron chi connectivity index (χ4n) is 2.77. The van der Waals surface area contributed by atoms with Gasteiger partial charge in [-0.3, -0.25) is 14.9 Å². The van der Waals surface area contributed by atoms with E-state index in [2.05, 4.69) is 10.3 Å². The lowest BCUT2D eigenvalue weighted by molar-refractivity contribution is -0.0328. The minimum atomic E-state index is -4.43. The number of aromatic hydroxyl groups is 1. The van der Waals surface area contributed by atoms with Gasteiger partial charge in [0.15, 0.2) is 0 Å². The Balaban J connectivity index is 1.86. The van der Waals surface area contributed by atoms with Crippen molar-refractivity contribution in [2.24, 2.45) is 0 Å². The Labute approximate surface area is 178 Å². The van der Waals surface area contributed by atoms with Crippen molar-refractivity contribution < 1.29 is 27.8 Å². The summed E-state index contributed by atoms with van der Waals surface area (Å²) in [7, 11) is 0. The Kier molecular flexibility index (Phi) is 6.59. The number of nitrogens with zero attached hydrogens (tertiary/aromatic N) is 3. The predicted molar refractivity (Wildman–Crippen MR) is 108 cm³/mol. The fraction of sp³-hybridized carbons (Fsp3) is 0.211. The molecule has 0 saturated heterocycles. The first-order valence-electron chi connectivity index (χ1n) is 8.92. The largest absolute Gasteiger partial charge is 0.493 e. The van der Waals surface area contributed by atoms with Gasteiger partial charge in [-0.05, 0) is 54.6 Å². The van der Waals surface area contributed by atoms with Crippen molar-refractivity contribution >= 4 is 23.5 Å². The summed E-state index contributed by atoms with van der Waals surface area (Å²) < 4.78 is 44.4. The van der Waals surface area contributed by atoms with Gasteiger partial charge < -0.3 is 9.84 Å². The molecular formula is C19H17F3N4O4S. The normalized spacial score (nSPS) is 11.4. The Morgan fingerprint density at radius 1 is 1.26 bits per heavy atom. The van der Waals surface area contributed by atoms with Gasteiger partial charge in [0.05, 0.1) is 36.9 Å². The Morgan fingerprint density at radius 3 is 2.61 bits per heavy atom. The number of pyridine rings is 1. The maximum absolute atomic E-state index is 12.8. The third-order valence-corrected chi connectivity index (χ3v) is 4.77. The number of alkyl halides is 3. The lowest BCUT2D eigenvalue weighted by Crippen LogP contribution is -2.24. The van der Waals surface area contributed by atoms with Gasteiger partial charge in [0.1, 0.15) is 0 Å². The van der Waals surface area contributed by atoms with Crippen LogP contribution in [0.25, 0.3) is 5.69 Å². The molecule has 164 valence electrons. The van der Waals surface area contributed by atoms with Crippen molar-refractivity contribution in [2.75, 3.05) is 11.9 Å². The summed E-state index contributed by atoms with van der Waals surface area (Å²) in [5.41, 5.74) is -3.99. The molecule has 31 heavy (non-hydrogen) atoms. The topological polar surface area (TPSA) is 98.4 Å². The van der Waals surface area contributed by atoms with E-state index >= 15 is 0 Å². The highest BCUT2D eigenvalue weighted by Crippen LogP contribution is 2.37. The minimum Gasteiger partial charge on any atom is -0.493 e. The van der Waals surface area contributed by atoms with Crippen LogP contribution in [-0.2, 0) is 11.3 Å². The minimum absolute atomic E-state index is 0.00827. The Morgan fingerprint density at radius 2 is 1.97 bits per heavy atom. The van der Waals surface area contributed by atoms with Crippen molar-refractivity contribution in [3.05, 3.63) is 65.0 Å². The van der Waals surface area contributed by atoms with E-state index in [4.69, 9.17) is 4.74 Å². The Bertz CT molecular complexity index is 1130. The summed E-state index contributed by atoms with van der Waals surface area (Å²) in [5.74, 6) is -0.393. The van der Waals surface area contributed by atoms with Crippen LogP contribution < -0.4 is 11.0 Å². The molecule has 3 aromatic rings. The molecule has 1 amide bonds. The number of rotatable bonds is 6. The number of aromatic nitrogens is 3. The zero-order chi connectivity index (χ0) is 22.6. The van der Waals surface area contributed by atoms with E-state index in [1.54, 1.807) is 13.0 Å². The van der Waals surface area contributed by atoms with E-state index in [1.165, 1.54) is 47.4 Å². The quantitative estimate of drug-likeness (QED) is 0.547. The molecule has 1 aromatic carbocycles. The number of hydrogen-bond donors (Lipinski definition) is 2. The third-order valence-electron chi connectivity index (χ3n) is 4.03. The molecule has 0 aliphatic carbocycles. The molecule has 0 spiro atoms. The average molecular weight is 454 g/mol. The van der Waals surface area contributed by atoms with Crippen molar-refractivity contribution in [2.45, 2.75) is 23.9 Å². The molecule has 3 rings (SSSR count). The van der Waals surface area contributed by atoms with Gasteiger partial charge >= 0.3 is 17.3 Å². The van der Waals surface area contributed by atoms with Gasteiger partial charge in [-0.1, -0.05) is 0 Å². The molecule has 0 fully saturated rings. The first-order chi connectivity index (χ1) is 14.7. The second-order valence-electron chi connectivity index (χ2n) is 6.15. The van der Waals surface area contributed by atoms with E-state index in [0.29, 0.717) is 11.3 Å². The predicted octanol–water partition coefficient (Wildman–Crippen LogP) is 3.97. The van der Waals surface area contributed by atoms with E-state index in [9.17, 15) is 27.9 Å². The van der Waals surface area contributed by atoms with E-state index < -0.39 is 23.2 Å². The number of carbonyl (C=O) groups is 1. The first-order valence-corrected chi connectivity index (χ1v) is 9.73. The smallest absolute Gasteiger partial charge is 0.446 e. The van der Waals surface area contributed by atoms with Crippen LogP contribution in [0.15, 0.2) is 58.6 Å². The molecule has 0 aliphatic rings. The van der Waals surface area contributed by atoms with Gasteiger partial charge in [-0.25, -0.2) is 14.2 Å². The summed E-state index contributed by atoms with van der Waals surface area (Å²) >= 11 is -0.276. The van der Waals surface area contributed by atoms with E-state index in [0.717, 1.165) is 4.57 Å². The number of halogens is 3. The number of anilines is 1. The molecule has 0 unspecified atom stereocenters. The van der Waals surface area contributed by atoms with Gasteiger partial charge in [0.2, 0.25) is 5.88 Å². The molecule has 0 saturated carbocycles. The zero-order valence-electron chi connectivity index (χ0n) is 16.1. The van der Waals surface area contributed by atoms with Crippen LogP contribution in [0.2, 0.25) is 0 Å². The van der Waals surface area contributed by atoms with Crippen LogP contribution in [-0.4, -0.2) is 37.4 Å². The molecule has 8 nitrogen and oxygen atoms in total. The number of carbonyl (C=O) groups excluding carboxylic acids is 1. The summed E-state index contributed by atoms with van der Waals surface area (Å²) in [5, 5.41) is 12.8. The van der Waals surface area contributed by atoms with Crippen LogP contribution in [0.5, 0.6) is 5.88 Å². The van der Waals surface area contributed by atoms with Gasteiger partial charge in [0.25, 0.3) is 0 Å². The van der Waals surface area contributed by atoms with Crippen molar-refractivity contribution in [3.8, 4) is 11.6 Å². The summed E-state index contributed by atoms with van der Waals surface area (Å²) in [4.78, 5) is 28.4. The molecule has 0 aliphatic heterocycles. The number of imidazole rings is 1. The third kappa shape index (κ3) is 5.60. The lowest BCUT2D eigenvalue weighted by atomic mass is 10.2. The SMILES string of the molecule is CCOC(=O)Nc1cnccc1Cn1cc(O)n(-c2ccc(SC(F)(F)F)cc2)c1=O. The molecule has 0 atom stereocenters. The molecular weight excluding hydrogens is 437 g/mol. The maximum Gasteiger partial charge on any atom is 0.446 e. The number of benzene rings is 1. The van der Waals surface area contributed by atoms with Gasteiger partial charge in [0, 0.05) is 11.1 Å². The molecule has 0 bridgehead atoms. The van der Waals surface area contributed by atoms with Crippen LogP contribution in [0.4, 0.5) is 23.7 Å². The monoisotopic (exact) mass is 454 g/mol. The van der Waals surface area contributed by atoms with Crippen LogP contribution in [0.1, 0.15) is 12.5 Å². The van der Waals surface area contributed by atoms with Gasteiger partial charge in [-0.15, -0.1) is 0 Å². The van der Waals surface area contributed by atoms with Crippen molar-refractivity contribution in [1.29, 1.82) is 0 Å². The molecule has 0 radical (unpaired) electrons. The van der Waals surface area contributed by atoms with Crippen LogP contribution in [0, 0.1) is 0 Å².